The first-order valence-corrected chi connectivity index (χ1v) is 12.3. The molecule has 2 aromatic rings. The molecule has 1 fully saturated rings. The quantitative estimate of drug-likeness (QED) is 0.536. The number of nitrogens with two attached hydrogens (primary N) is 1. The average Bonchev–Trinajstić information content (AvgIpc) is 2.80. The van der Waals surface area contributed by atoms with Gasteiger partial charge in [-0.3, -0.25) is 0 Å². The second-order valence-corrected chi connectivity index (χ2v) is 10.5. The fourth-order valence-electron chi connectivity index (χ4n) is 5.39. The molecule has 0 spiro atoms. The molecule has 0 aromatic heterocycles. The van der Waals surface area contributed by atoms with Crippen molar-refractivity contribution in [2.45, 2.75) is 71.4 Å². The Kier molecular flexibility index (Phi) is 7.69. The van der Waals surface area contributed by atoms with Crippen molar-refractivity contribution in [2.24, 2.45) is 17.6 Å². The summed E-state index contributed by atoms with van der Waals surface area (Å²) in [7, 11) is 0. The maximum absolute atomic E-state index is 7.12. The summed E-state index contributed by atoms with van der Waals surface area (Å²) < 4.78 is 0. The van der Waals surface area contributed by atoms with E-state index in [0.29, 0.717) is 11.8 Å². The minimum atomic E-state index is -0.186. The number of hydrogen-bond donors (Lipinski definition) is 2. The van der Waals surface area contributed by atoms with Crippen molar-refractivity contribution < 1.29 is 0 Å². The predicted octanol–water partition coefficient (Wildman–Crippen LogP) is 6.19. The van der Waals surface area contributed by atoms with Gasteiger partial charge < -0.3 is 11.1 Å². The molecule has 1 unspecified atom stereocenters. The van der Waals surface area contributed by atoms with Crippen LogP contribution in [0, 0.1) is 18.8 Å². The summed E-state index contributed by atoms with van der Waals surface area (Å²) in [5.74, 6) is 0.840. The van der Waals surface area contributed by atoms with Gasteiger partial charge in [0.25, 0.3) is 0 Å². The van der Waals surface area contributed by atoms with E-state index in [2.05, 4.69) is 108 Å². The molecule has 1 saturated carbocycles. The Hall–Kier alpha value is -2.58. The molecule has 1 atom stereocenters. The Morgan fingerprint density at radius 1 is 1.15 bits per heavy atom. The fraction of sp³-hybridized carbons (Fsp3) is 0.419. The maximum atomic E-state index is 7.12. The molecule has 0 amide bonds. The van der Waals surface area contributed by atoms with Gasteiger partial charge in [-0.25, -0.2) is 0 Å². The Labute approximate surface area is 201 Å². The average molecular weight is 443 g/mol. The number of hydrogen-bond acceptors (Lipinski definition) is 2. The van der Waals surface area contributed by atoms with Crippen LogP contribution in [0.3, 0.4) is 0 Å². The van der Waals surface area contributed by atoms with E-state index in [1.807, 2.05) is 6.08 Å². The Balaban J connectivity index is 1.79. The highest BCUT2D eigenvalue weighted by atomic mass is 15.0. The summed E-state index contributed by atoms with van der Waals surface area (Å²) in [4.78, 5) is 0. The van der Waals surface area contributed by atoms with Crippen molar-refractivity contribution >= 4 is 23.9 Å². The van der Waals surface area contributed by atoms with E-state index in [-0.39, 0.29) is 11.1 Å². The second kappa shape index (κ2) is 10.1. The fourth-order valence-corrected chi connectivity index (χ4v) is 5.39. The molecule has 1 aliphatic rings. The third-order valence-electron chi connectivity index (χ3n) is 7.84. The van der Waals surface area contributed by atoms with E-state index in [9.17, 15) is 0 Å². The minimum absolute atomic E-state index is 0.121. The number of anilines is 1. The summed E-state index contributed by atoms with van der Waals surface area (Å²) in [5.41, 5.74) is 11.8. The van der Waals surface area contributed by atoms with Gasteiger partial charge >= 0.3 is 0 Å². The van der Waals surface area contributed by atoms with E-state index in [4.69, 9.17) is 5.73 Å². The zero-order valence-electron chi connectivity index (χ0n) is 21.2. The van der Waals surface area contributed by atoms with Gasteiger partial charge in [-0.1, -0.05) is 74.2 Å². The van der Waals surface area contributed by atoms with Crippen LogP contribution in [0.15, 0.2) is 61.2 Å². The molecule has 2 heteroatoms. The first-order chi connectivity index (χ1) is 15.6. The molecule has 176 valence electrons. The van der Waals surface area contributed by atoms with E-state index < -0.39 is 0 Å². The van der Waals surface area contributed by atoms with Gasteiger partial charge in [-0.15, -0.1) is 0 Å². The van der Waals surface area contributed by atoms with Crippen molar-refractivity contribution in [3.05, 3.63) is 82.8 Å². The van der Waals surface area contributed by atoms with Gasteiger partial charge in [0.15, 0.2) is 0 Å². The maximum Gasteiger partial charge on any atom is 0.0360 e. The highest BCUT2D eigenvalue weighted by molar-refractivity contribution is 5.60. The zero-order valence-corrected chi connectivity index (χ0v) is 21.2. The summed E-state index contributed by atoms with van der Waals surface area (Å²) in [6, 6.07) is 15.0. The highest BCUT2D eigenvalue weighted by Crippen LogP contribution is 2.42. The summed E-state index contributed by atoms with van der Waals surface area (Å²) in [6.07, 6.45) is 10.6. The third-order valence-corrected chi connectivity index (χ3v) is 7.84. The highest BCUT2D eigenvalue weighted by Gasteiger charge is 2.43. The van der Waals surface area contributed by atoms with Crippen LogP contribution in [-0.2, 0) is 0 Å². The van der Waals surface area contributed by atoms with Gasteiger partial charge in [0.1, 0.15) is 0 Å². The molecule has 0 aliphatic heterocycles. The lowest BCUT2D eigenvalue weighted by molar-refractivity contribution is 0.145. The molecule has 3 N–H and O–H groups in total. The second-order valence-electron chi connectivity index (χ2n) is 10.5. The van der Waals surface area contributed by atoms with Gasteiger partial charge in [0.2, 0.25) is 0 Å². The van der Waals surface area contributed by atoms with Crippen molar-refractivity contribution in [3.63, 3.8) is 0 Å². The number of nitrogens with one attached hydrogen (secondary N) is 1. The molecule has 0 heterocycles. The van der Waals surface area contributed by atoms with Crippen LogP contribution in [0.1, 0.15) is 64.5 Å². The van der Waals surface area contributed by atoms with Crippen molar-refractivity contribution in [2.75, 3.05) is 5.32 Å². The van der Waals surface area contributed by atoms with Crippen LogP contribution >= 0.6 is 0 Å². The van der Waals surface area contributed by atoms with Crippen LogP contribution < -0.4 is 21.5 Å². The lowest BCUT2D eigenvalue weighted by atomic mass is 9.64. The SMILES string of the molecule is C=Cc1ccc(NC(C)(C)C(C)C2(N)CCC(C(/C=C\C)=c3\cc(C)ccc3=C)CC2)cc1. The predicted molar refractivity (Wildman–Crippen MR) is 146 cm³/mol. The largest absolute Gasteiger partial charge is 0.380 e. The van der Waals surface area contributed by atoms with Crippen molar-refractivity contribution in [1.29, 1.82) is 0 Å². The number of allylic oxidation sites excluding steroid dienone is 2. The van der Waals surface area contributed by atoms with Gasteiger partial charge in [-0.05, 0) is 98.9 Å². The van der Waals surface area contributed by atoms with E-state index in [1.54, 1.807) is 0 Å². The Bertz CT molecular complexity index is 1100. The summed E-state index contributed by atoms with van der Waals surface area (Å²) in [6.45, 7) is 19.3. The van der Waals surface area contributed by atoms with Crippen LogP contribution in [0.2, 0.25) is 0 Å². The van der Waals surface area contributed by atoms with E-state index >= 15 is 0 Å². The molecular formula is C31H42N2. The van der Waals surface area contributed by atoms with Gasteiger partial charge in [-0.2, -0.15) is 0 Å². The van der Waals surface area contributed by atoms with Crippen LogP contribution in [0.25, 0.3) is 18.2 Å². The molecular weight excluding hydrogens is 400 g/mol. The Morgan fingerprint density at radius 2 is 1.79 bits per heavy atom. The first-order valence-electron chi connectivity index (χ1n) is 12.3. The summed E-state index contributed by atoms with van der Waals surface area (Å²) >= 11 is 0. The van der Waals surface area contributed by atoms with Gasteiger partial charge in [0.05, 0.1) is 0 Å². The molecule has 0 radical (unpaired) electrons. The molecule has 3 rings (SSSR count). The van der Waals surface area contributed by atoms with Crippen LogP contribution in [0.4, 0.5) is 5.69 Å². The lowest BCUT2D eigenvalue weighted by Gasteiger charge is -2.48. The van der Waals surface area contributed by atoms with Crippen molar-refractivity contribution in [3.8, 4) is 0 Å². The van der Waals surface area contributed by atoms with E-state index in [0.717, 1.165) is 42.2 Å². The normalized spacial score (nSPS) is 23.3. The zero-order chi connectivity index (χ0) is 24.2. The van der Waals surface area contributed by atoms with Crippen molar-refractivity contribution in [1.82, 2.24) is 0 Å². The van der Waals surface area contributed by atoms with Gasteiger partial charge in [0, 0.05) is 16.8 Å². The molecule has 0 saturated heterocycles. The standard InChI is InChI=1S/C31H42N2/c1-8-10-28(29-21-22(3)11-12-23(29)4)26-17-19-31(32,20-18-26)24(5)30(6,7)33-27-15-13-25(9-2)14-16-27/h8-16,21,24,26,33H,2,4,17-20,32H2,1,3,5-7H3/b10-8-,29-28+. The smallest absolute Gasteiger partial charge is 0.0360 e. The molecule has 0 bridgehead atoms. The molecule has 1 aliphatic carbocycles. The third kappa shape index (κ3) is 5.68. The summed E-state index contributed by atoms with van der Waals surface area (Å²) in [5, 5.41) is 6.15. The van der Waals surface area contributed by atoms with E-state index in [1.165, 1.54) is 16.4 Å². The number of benzene rings is 2. The van der Waals surface area contributed by atoms with Crippen LogP contribution in [-0.4, -0.2) is 11.1 Å². The number of rotatable bonds is 7. The lowest BCUT2D eigenvalue weighted by Crippen LogP contribution is -2.58. The number of aryl methyl sites for hydroxylation is 1. The first kappa shape index (κ1) is 25.1. The molecule has 33 heavy (non-hydrogen) atoms. The molecule has 2 aromatic carbocycles. The minimum Gasteiger partial charge on any atom is -0.380 e. The topological polar surface area (TPSA) is 38.0 Å². The van der Waals surface area contributed by atoms with Crippen LogP contribution in [0.5, 0.6) is 0 Å². The Morgan fingerprint density at radius 3 is 2.36 bits per heavy atom. The molecule has 2 nitrogen and oxygen atoms in total. The monoisotopic (exact) mass is 442 g/mol.